The quantitative estimate of drug-likeness (QED) is 0.453. The van der Waals surface area contributed by atoms with Crippen molar-refractivity contribution in [1.29, 1.82) is 0 Å². The summed E-state index contributed by atoms with van der Waals surface area (Å²) in [5, 5.41) is 2.96. The largest absolute Gasteiger partial charge is 0.350 e. The van der Waals surface area contributed by atoms with Gasteiger partial charge in [-0.1, -0.05) is 38.1 Å². The van der Waals surface area contributed by atoms with Crippen molar-refractivity contribution in [2.75, 3.05) is 0 Å². The van der Waals surface area contributed by atoms with Crippen LogP contribution in [0.5, 0.6) is 0 Å². The van der Waals surface area contributed by atoms with Crippen molar-refractivity contribution in [1.82, 2.24) is 5.32 Å². The molecule has 1 aliphatic carbocycles. The molecule has 3 unspecified atom stereocenters. The van der Waals surface area contributed by atoms with E-state index in [1.165, 1.54) is 12.0 Å². The highest BCUT2D eigenvalue weighted by Gasteiger charge is 2.36. The van der Waals surface area contributed by atoms with Crippen molar-refractivity contribution >= 4 is 37.8 Å². The number of carbonyl (C=O) groups excluding carboxylic acids is 1. The monoisotopic (exact) mass is 439 g/mol. The Balaban J connectivity index is 1.80. The molecule has 2 rings (SSSR count). The van der Waals surface area contributed by atoms with Crippen LogP contribution in [0.15, 0.2) is 51.4 Å². The number of nitrogens with one attached hydrogen (secondary N) is 1. The van der Waals surface area contributed by atoms with Gasteiger partial charge in [-0.3, -0.25) is 4.79 Å². The van der Waals surface area contributed by atoms with Gasteiger partial charge in [-0.2, -0.15) is 0 Å². The fourth-order valence-corrected chi connectivity index (χ4v) is 2.99. The van der Waals surface area contributed by atoms with Gasteiger partial charge in [0.2, 0.25) is 5.91 Å². The van der Waals surface area contributed by atoms with E-state index < -0.39 is 0 Å². The van der Waals surface area contributed by atoms with Crippen LogP contribution >= 0.6 is 31.9 Å². The van der Waals surface area contributed by atoms with Gasteiger partial charge >= 0.3 is 0 Å². The van der Waals surface area contributed by atoms with Crippen LogP contribution in [0.1, 0.15) is 38.7 Å². The Morgan fingerprint density at radius 2 is 1.96 bits per heavy atom. The van der Waals surface area contributed by atoms with Gasteiger partial charge in [0.25, 0.3) is 0 Å². The molecule has 0 aliphatic heterocycles. The summed E-state index contributed by atoms with van der Waals surface area (Å²) in [7, 11) is 0. The lowest BCUT2D eigenvalue weighted by Gasteiger charge is -2.15. The molecule has 4 heteroatoms. The van der Waals surface area contributed by atoms with E-state index in [-0.39, 0.29) is 11.9 Å². The highest BCUT2D eigenvalue weighted by molar-refractivity contribution is 9.13. The summed E-state index contributed by atoms with van der Waals surface area (Å²) in [6.45, 7) is 6.22. The molecule has 0 heterocycles. The van der Waals surface area contributed by atoms with E-state index in [2.05, 4.69) is 75.3 Å². The Morgan fingerprint density at radius 1 is 1.22 bits per heavy atom. The number of amides is 1. The molecule has 1 aromatic carbocycles. The highest BCUT2D eigenvalue weighted by Crippen LogP contribution is 2.49. The van der Waals surface area contributed by atoms with Crippen LogP contribution in [0.2, 0.25) is 0 Å². The molecule has 0 aromatic heterocycles. The van der Waals surface area contributed by atoms with Crippen LogP contribution in [0.25, 0.3) is 0 Å². The minimum Gasteiger partial charge on any atom is -0.350 e. The molecular formula is C19H23Br2NO. The molecule has 1 aromatic rings. The van der Waals surface area contributed by atoms with E-state index in [0.29, 0.717) is 17.8 Å². The van der Waals surface area contributed by atoms with Crippen LogP contribution in [0, 0.1) is 11.8 Å². The van der Waals surface area contributed by atoms with Gasteiger partial charge in [0, 0.05) is 21.1 Å². The van der Waals surface area contributed by atoms with E-state index in [9.17, 15) is 4.79 Å². The second kappa shape index (κ2) is 8.29. The Kier molecular flexibility index (Phi) is 6.66. The summed E-state index contributed by atoms with van der Waals surface area (Å²) in [6.07, 6.45) is 8.78. The maximum absolute atomic E-state index is 11.7. The summed E-state index contributed by atoms with van der Waals surface area (Å²) in [6, 6.07) is 6.63. The third-order valence-corrected chi connectivity index (χ3v) is 6.18. The highest BCUT2D eigenvalue weighted by atomic mass is 79.9. The molecule has 0 bridgehead atoms. The summed E-state index contributed by atoms with van der Waals surface area (Å²) in [5.41, 5.74) is 1.36. The standard InChI is InChI=1S/C19H23Br2NO/c1-12(2)13(3)22-19(23)7-5-4-6-14-10-16(14)15-8-9-17(20)18(21)11-15/h4-9,11-14,16H,10H2,1-3H3,(H,22,23)/b6-4+,7-5+. The van der Waals surface area contributed by atoms with E-state index in [1.54, 1.807) is 6.08 Å². The summed E-state index contributed by atoms with van der Waals surface area (Å²) in [4.78, 5) is 11.7. The van der Waals surface area contributed by atoms with Gasteiger partial charge in [-0.25, -0.2) is 0 Å². The van der Waals surface area contributed by atoms with Crippen molar-refractivity contribution < 1.29 is 4.79 Å². The summed E-state index contributed by atoms with van der Waals surface area (Å²) < 4.78 is 2.18. The van der Waals surface area contributed by atoms with Crippen molar-refractivity contribution in [2.45, 2.75) is 39.2 Å². The maximum Gasteiger partial charge on any atom is 0.244 e. The number of rotatable bonds is 6. The minimum absolute atomic E-state index is 0.0277. The fraction of sp³-hybridized carbons (Fsp3) is 0.421. The second-order valence-corrected chi connectivity index (χ2v) is 8.17. The predicted molar refractivity (Wildman–Crippen MR) is 103 cm³/mol. The first-order chi connectivity index (χ1) is 10.9. The normalized spacial score (nSPS) is 22.0. The molecule has 3 atom stereocenters. The zero-order valence-electron chi connectivity index (χ0n) is 13.7. The fourth-order valence-electron chi connectivity index (χ4n) is 2.34. The molecule has 0 saturated heterocycles. The number of hydrogen-bond acceptors (Lipinski definition) is 1. The van der Waals surface area contributed by atoms with Crippen molar-refractivity contribution in [3.05, 3.63) is 57.0 Å². The van der Waals surface area contributed by atoms with Crippen LogP contribution in [-0.2, 0) is 4.79 Å². The first-order valence-corrected chi connectivity index (χ1v) is 9.57. The lowest BCUT2D eigenvalue weighted by atomic mass is 10.1. The van der Waals surface area contributed by atoms with Crippen LogP contribution < -0.4 is 5.32 Å². The summed E-state index contributed by atoms with van der Waals surface area (Å²) >= 11 is 7.05. The number of allylic oxidation sites excluding steroid dienone is 3. The molecular weight excluding hydrogens is 418 g/mol. The zero-order chi connectivity index (χ0) is 17.0. The van der Waals surface area contributed by atoms with Crippen LogP contribution in [-0.4, -0.2) is 11.9 Å². The third-order valence-electron chi connectivity index (χ3n) is 4.30. The molecule has 23 heavy (non-hydrogen) atoms. The maximum atomic E-state index is 11.7. The van der Waals surface area contributed by atoms with E-state index in [1.807, 2.05) is 19.1 Å². The zero-order valence-corrected chi connectivity index (χ0v) is 16.9. The average molecular weight is 441 g/mol. The number of halogens is 2. The van der Waals surface area contributed by atoms with E-state index in [4.69, 9.17) is 0 Å². The van der Waals surface area contributed by atoms with E-state index in [0.717, 1.165) is 8.95 Å². The molecule has 2 nitrogen and oxygen atoms in total. The molecule has 0 radical (unpaired) electrons. The summed E-state index contributed by atoms with van der Waals surface area (Å²) in [5.74, 6) is 1.59. The third kappa shape index (κ3) is 5.61. The Morgan fingerprint density at radius 3 is 2.61 bits per heavy atom. The molecule has 0 spiro atoms. The lowest BCUT2D eigenvalue weighted by Crippen LogP contribution is -2.34. The predicted octanol–water partition coefficient (Wildman–Crippen LogP) is 5.59. The topological polar surface area (TPSA) is 29.1 Å². The molecule has 1 fully saturated rings. The lowest BCUT2D eigenvalue weighted by molar-refractivity contribution is -0.117. The molecule has 1 aliphatic rings. The Hall–Kier alpha value is -0.870. The Labute approximate surface area is 155 Å². The average Bonchev–Trinajstić information content (AvgIpc) is 3.26. The van der Waals surface area contributed by atoms with Crippen molar-refractivity contribution in [3.8, 4) is 0 Å². The van der Waals surface area contributed by atoms with Gasteiger partial charge in [-0.05, 0) is 80.7 Å². The smallest absolute Gasteiger partial charge is 0.244 e. The first kappa shape index (κ1) is 18.5. The second-order valence-electron chi connectivity index (χ2n) is 6.46. The minimum atomic E-state index is -0.0277. The van der Waals surface area contributed by atoms with Gasteiger partial charge < -0.3 is 5.32 Å². The number of carbonyl (C=O) groups is 1. The van der Waals surface area contributed by atoms with Crippen molar-refractivity contribution in [2.24, 2.45) is 11.8 Å². The van der Waals surface area contributed by atoms with Gasteiger partial charge in [0.15, 0.2) is 0 Å². The van der Waals surface area contributed by atoms with Crippen LogP contribution in [0.4, 0.5) is 0 Å². The van der Waals surface area contributed by atoms with E-state index >= 15 is 0 Å². The van der Waals surface area contributed by atoms with Gasteiger partial charge in [0.05, 0.1) is 0 Å². The molecule has 1 amide bonds. The first-order valence-electron chi connectivity index (χ1n) is 7.98. The molecule has 1 saturated carbocycles. The SMILES string of the molecule is CC(C)C(C)NC(=O)/C=C/C=C/C1CC1c1ccc(Br)c(Br)c1. The van der Waals surface area contributed by atoms with Crippen molar-refractivity contribution in [3.63, 3.8) is 0 Å². The van der Waals surface area contributed by atoms with Crippen LogP contribution in [0.3, 0.4) is 0 Å². The Bertz CT molecular complexity index is 622. The molecule has 124 valence electrons. The molecule has 1 N–H and O–H groups in total. The number of benzene rings is 1. The van der Waals surface area contributed by atoms with Gasteiger partial charge in [-0.15, -0.1) is 0 Å². The number of hydrogen-bond donors (Lipinski definition) is 1. The van der Waals surface area contributed by atoms with Gasteiger partial charge in [0.1, 0.15) is 0 Å².